The van der Waals surface area contributed by atoms with Gasteiger partial charge in [-0.05, 0) is 67.6 Å². The lowest BCUT2D eigenvalue weighted by Crippen LogP contribution is -2.32. The molecule has 8 heteroatoms. The highest BCUT2D eigenvalue weighted by molar-refractivity contribution is 8.18. The van der Waals surface area contributed by atoms with Crippen LogP contribution in [0.25, 0.3) is 11.8 Å². The predicted octanol–water partition coefficient (Wildman–Crippen LogP) is 5.36. The van der Waals surface area contributed by atoms with Crippen LogP contribution in [0, 0.1) is 19.7 Å². The summed E-state index contributed by atoms with van der Waals surface area (Å²) in [6.45, 7) is 4.00. The molecule has 2 aromatic carbocycles. The second-order valence-corrected chi connectivity index (χ2v) is 8.44. The number of carbonyl (C=O) groups is 2. The molecule has 4 rings (SSSR count). The Kier molecular flexibility index (Phi) is 6.55. The lowest BCUT2D eigenvalue weighted by atomic mass is 10.2. The van der Waals surface area contributed by atoms with Gasteiger partial charge in [0.25, 0.3) is 11.1 Å². The quantitative estimate of drug-likeness (QED) is 0.439. The molecule has 33 heavy (non-hydrogen) atoms. The molecule has 6 nitrogen and oxygen atoms in total. The minimum absolute atomic E-state index is 0.119. The van der Waals surface area contributed by atoms with E-state index >= 15 is 0 Å². The van der Waals surface area contributed by atoms with Crippen LogP contribution in [0.5, 0.6) is 11.5 Å². The molecule has 0 saturated carbocycles. The van der Waals surface area contributed by atoms with Gasteiger partial charge in [0.2, 0.25) is 0 Å². The topological polar surface area (TPSA) is 60.8 Å². The van der Waals surface area contributed by atoms with E-state index in [2.05, 4.69) is 0 Å². The standard InChI is InChI=1S/C25H23FN2O4S/c1-16-14-18(17(2)28(16)20-9-5-4-8-19(20)26)15-23-24(29)27(25(30)33-23)12-13-32-22-11-7-6-10-21(22)31-3/h4-11,14-15H,12-13H2,1-3H3/b23-15-. The number of hydrogen-bond donors (Lipinski definition) is 0. The number of ether oxygens (including phenoxy) is 2. The van der Waals surface area contributed by atoms with Gasteiger partial charge >= 0.3 is 0 Å². The van der Waals surface area contributed by atoms with E-state index in [1.165, 1.54) is 11.0 Å². The number of halogens is 1. The number of rotatable bonds is 7. The number of para-hydroxylation sites is 3. The molecular formula is C25H23FN2O4S. The van der Waals surface area contributed by atoms with Crippen molar-refractivity contribution in [1.29, 1.82) is 0 Å². The third-order valence-corrected chi connectivity index (χ3v) is 6.27. The van der Waals surface area contributed by atoms with Gasteiger partial charge < -0.3 is 14.0 Å². The van der Waals surface area contributed by atoms with Crippen molar-refractivity contribution in [1.82, 2.24) is 9.47 Å². The predicted molar refractivity (Wildman–Crippen MR) is 126 cm³/mol. The molecular weight excluding hydrogens is 443 g/mol. The Morgan fingerprint density at radius 2 is 1.73 bits per heavy atom. The first-order valence-corrected chi connectivity index (χ1v) is 11.2. The number of nitrogens with zero attached hydrogens (tertiary/aromatic N) is 2. The molecule has 2 heterocycles. The monoisotopic (exact) mass is 466 g/mol. The maximum Gasteiger partial charge on any atom is 0.293 e. The highest BCUT2D eigenvalue weighted by Gasteiger charge is 2.35. The summed E-state index contributed by atoms with van der Waals surface area (Å²) in [5, 5.41) is -0.349. The third-order valence-electron chi connectivity index (χ3n) is 5.37. The maximum absolute atomic E-state index is 14.3. The normalized spacial score (nSPS) is 14.9. The number of aryl methyl sites for hydroxylation is 1. The van der Waals surface area contributed by atoms with Crippen molar-refractivity contribution in [2.24, 2.45) is 0 Å². The minimum Gasteiger partial charge on any atom is -0.493 e. The van der Waals surface area contributed by atoms with Crippen LogP contribution in [0.3, 0.4) is 0 Å². The van der Waals surface area contributed by atoms with Gasteiger partial charge in [-0.25, -0.2) is 4.39 Å². The van der Waals surface area contributed by atoms with Crippen LogP contribution in [0.15, 0.2) is 59.5 Å². The summed E-state index contributed by atoms with van der Waals surface area (Å²) in [6.07, 6.45) is 1.69. The zero-order valence-corrected chi connectivity index (χ0v) is 19.3. The summed E-state index contributed by atoms with van der Waals surface area (Å²) in [5.74, 6) is 0.422. The number of methoxy groups -OCH3 is 1. The smallest absolute Gasteiger partial charge is 0.293 e. The molecule has 0 atom stereocenters. The average Bonchev–Trinajstić information content (AvgIpc) is 3.23. The van der Waals surface area contributed by atoms with Gasteiger partial charge in [-0.3, -0.25) is 14.5 Å². The SMILES string of the molecule is COc1ccccc1OCCN1C(=O)S/C(=C\c2cc(C)n(-c3ccccc3F)c2C)C1=O. The Morgan fingerprint density at radius 1 is 1.03 bits per heavy atom. The highest BCUT2D eigenvalue weighted by atomic mass is 32.2. The molecule has 0 unspecified atom stereocenters. The first-order chi connectivity index (χ1) is 15.9. The Labute approximate surface area is 195 Å². The summed E-state index contributed by atoms with van der Waals surface area (Å²) < 4.78 is 27.1. The molecule has 1 saturated heterocycles. The molecule has 3 aromatic rings. The molecule has 1 aliphatic rings. The summed E-state index contributed by atoms with van der Waals surface area (Å²) in [6, 6.07) is 15.6. The van der Waals surface area contributed by atoms with E-state index in [0.717, 1.165) is 28.7 Å². The first-order valence-electron chi connectivity index (χ1n) is 10.4. The number of aromatic nitrogens is 1. The van der Waals surface area contributed by atoms with Gasteiger partial charge in [-0.2, -0.15) is 0 Å². The molecule has 0 radical (unpaired) electrons. The second-order valence-electron chi connectivity index (χ2n) is 7.45. The maximum atomic E-state index is 14.3. The van der Waals surface area contributed by atoms with E-state index in [-0.39, 0.29) is 30.1 Å². The van der Waals surface area contributed by atoms with Crippen LogP contribution in [-0.2, 0) is 4.79 Å². The fourth-order valence-corrected chi connectivity index (χ4v) is 4.61. The van der Waals surface area contributed by atoms with Gasteiger partial charge in [-0.1, -0.05) is 24.3 Å². The van der Waals surface area contributed by atoms with Crippen LogP contribution in [-0.4, -0.2) is 40.9 Å². The Morgan fingerprint density at radius 3 is 2.45 bits per heavy atom. The summed E-state index contributed by atoms with van der Waals surface area (Å²) in [5.41, 5.74) is 2.80. The van der Waals surface area contributed by atoms with Crippen molar-refractivity contribution < 1.29 is 23.5 Å². The van der Waals surface area contributed by atoms with Crippen molar-refractivity contribution in [2.75, 3.05) is 20.3 Å². The molecule has 0 bridgehead atoms. The third kappa shape index (κ3) is 4.52. The zero-order valence-electron chi connectivity index (χ0n) is 18.5. The molecule has 0 spiro atoms. The molecule has 1 fully saturated rings. The van der Waals surface area contributed by atoms with E-state index in [1.54, 1.807) is 48.1 Å². The summed E-state index contributed by atoms with van der Waals surface area (Å²) in [4.78, 5) is 26.8. The van der Waals surface area contributed by atoms with Crippen LogP contribution < -0.4 is 9.47 Å². The fraction of sp³-hybridized carbons (Fsp3) is 0.200. The van der Waals surface area contributed by atoms with Crippen molar-refractivity contribution in [3.05, 3.63) is 82.3 Å². The van der Waals surface area contributed by atoms with Crippen LogP contribution in [0.1, 0.15) is 17.0 Å². The number of imide groups is 1. The summed E-state index contributed by atoms with van der Waals surface area (Å²) >= 11 is 0.888. The molecule has 1 aromatic heterocycles. The van der Waals surface area contributed by atoms with Crippen molar-refractivity contribution >= 4 is 29.0 Å². The Bertz CT molecular complexity index is 1250. The Hall–Kier alpha value is -3.52. The Balaban J connectivity index is 1.50. The second kappa shape index (κ2) is 9.54. The highest BCUT2D eigenvalue weighted by Crippen LogP contribution is 2.34. The van der Waals surface area contributed by atoms with Crippen molar-refractivity contribution in [2.45, 2.75) is 13.8 Å². The van der Waals surface area contributed by atoms with Crippen molar-refractivity contribution in [3.8, 4) is 17.2 Å². The largest absolute Gasteiger partial charge is 0.493 e. The number of carbonyl (C=O) groups excluding carboxylic acids is 2. The molecule has 0 N–H and O–H groups in total. The number of amides is 2. The van der Waals surface area contributed by atoms with E-state index in [0.29, 0.717) is 22.1 Å². The van der Waals surface area contributed by atoms with Crippen LogP contribution in [0.2, 0.25) is 0 Å². The van der Waals surface area contributed by atoms with Gasteiger partial charge in [0.1, 0.15) is 12.4 Å². The minimum atomic E-state index is -0.371. The van der Waals surface area contributed by atoms with Gasteiger partial charge in [0, 0.05) is 11.4 Å². The molecule has 0 aliphatic carbocycles. The van der Waals surface area contributed by atoms with E-state index in [1.807, 2.05) is 32.0 Å². The van der Waals surface area contributed by atoms with E-state index in [9.17, 15) is 14.0 Å². The van der Waals surface area contributed by atoms with Crippen molar-refractivity contribution in [3.63, 3.8) is 0 Å². The van der Waals surface area contributed by atoms with Crippen LogP contribution in [0.4, 0.5) is 9.18 Å². The fourth-order valence-electron chi connectivity index (χ4n) is 3.76. The molecule has 170 valence electrons. The lowest BCUT2D eigenvalue weighted by Gasteiger charge is -2.14. The van der Waals surface area contributed by atoms with Gasteiger partial charge in [0.05, 0.1) is 24.2 Å². The summed E-state index contributed by atoms with van der Waals surface area (Å²) in [7, 11) is 1.55. The average molecular weight is 467 g/mol. The van der Waals surface area contributed by atoms with E-state index < -0.39 is 0 Å². The first kappa shape index (κ1) is 22.7. The molecule has 1 aliphatic heterocycles. The van der Waals surface area contributed by atoms with Crippen LogP contribution >= 0.6 is 11.8 Å². The van der Waals surface area contributed by atoms with Gasteiger partial charge in [-0.15, -0.1) is 0 Å². The van der Waals surface area contributed by atoms with E-state index in [4.69, 9.17) is 9.47 Å². The zero-order chi connectivity index (χ0) is 23.5. The number of hydrogen-bond acceptors (Lipinski definition) is 5. The van der Waals surface area contributed by atoms with Gasteiger partial charge in [0.15, 0.2) is 11.5 Å². The molecule has 2 amide bonds. The number of benzene rings is 2. The lowest BCUT2D eigenvalue weighted by molar-refractivity contribution is -0.123. The number of thioether (sulfide) groups is 1.